The Hall–Kier alpha value is -1.63. The van der Waals surface area contributed by atoms with Gasteiger partial charge in [0.2, 0.25) is 18.7 Å². The average Bonchev–Trinajstić information content (AvgIpc) is 1.65. The maximum Gasteiger partial charge on any atom is 0.471 e. The van der Waals surface area contributed by atoms with E-state index >= 15 is 0 Å². The molecule has 6 fully saturated rings. The second kappa shape index (κ2) is 62.7. The van der Waals surface area contributed by atoms with Gasteiger partial charge >= 0.3 is 47.2 Å². The Morgan fingerprint density at radius 2 is 0.696 bits per heavy atom. The van der Waals surface area contributed by atoms with Gasteiger partial charge < -0.3 is 109 Å². The zero-order valence-electron chi connectivity index (χ0n) is 73.5. The number of halogens is 5. The molecule has 0 saturated carbocycles. The molecule has 738 valence electrons. The number of nitriles is 3. The third-order valence-electron chi connectivity index (χ3n) is 21.6. The van der Waals surface area contributed by atoms with Crippen molar-refractivity contribution < 1.29 is 401 Å². The quantitative estimate of drug-likeness (QED) is 0.0244. The summed E-state index contributed by atoms with van der Waals surface area (Å²) in [6.07, 6.45) is 1.89. The van der Waals surface area contributed by atoms with Crippen molar-refractivity contribution in [3.05, 3.63) is 165 Å². The number of hydrogen-bond donors (Lipinski definition) is 19. The number of allylic oxidation sites excluding steroid dienone is 3. The van der Waals surface area contributed by atoms with Crippen molar-refractivity contribution in [2.75, 3.05) is 46.2 Å². The summed E-state index contributed by atoms with van der Waals surface area (Å²) in [5.74, 6) is 5.52. The predicted molar refractivity (Wildman–Crippen MR) is 456 cm³/mol. The molecule has 3 aromatic rings. The first-order valence-corrected chi connectivity index (χ1v) is 43.7. The summed E-state index contributed by atoms with van der Waals surface area (Å²) in [5.41, 5.74) is -1.01. The summed E-state index contributed by atoms with van der Waals surface area (Å²) in [5, 5.41) is 148. The van der Waals surface area contributed by atoms with Crippen molar-refractivity contribution in [2.24, 2.45) is 0 Å². The van der Waals surface area contributed by atoms with E-state index in [-0.39, 0.29) is 367 Å². The molecule has 7 amide bonds. The fourth-order valence-electron chi connectivity index (χ4n) is 14.7. The third kappa shape index (κ3) is 36.1. The second-order valence-electron chi connectivity index (χ2n) is 31.0. The van der Waals surface area contributed by atoms with E-state index in [1.807, 2.05) is 18.2 Å². The number of hydrogen-bond acceptors (Lipinski definition) is 34. The van der Waals surface area contributed by atoms with Gasteiger partial charge in [-0.15, -0.1) is 0 Å². The molecular formula is C80H99Ac6F3I2N16O31. The number of nitrogens with one attached hydrogen (secondary N) is 7. The van der Waals surface area contributed by atoms with Crippen LogP contribution in [-0.4, -0.2) is 292 Å². The molecule has 58 heteroatoms. The predicted octanol–water partition coefficient (Wildman–Crippen LogP) is -2.17. The van der Waals surface area contributed by atoms with Crippen molar-refractivity contribution >= 4 is 69.2 Å². The summed E-state index contributed by atoms with van der Waals surface area (Å²) in [7, 11) is 0. The molecule has 3 aromatic heterocycles. The van der Waals surface area contributed by atoms with Gasteiger partial charge in [-0.2, -0.15) is 29.0 Å². The standard InChI is InChI=1S/C17H22F3N3O6.2C15H19N3O5.C15H17N3O5.2C9H11IN2O5.6Ac/c18-17(19,20)15(26)21-4-2-1-3-10-5-9-7-23(16(27)22-14(9)28-10)13-6-11(25)12(8-24)29-13;2*16-4-2-1-3-10-5-9-7-18(15(21)17-14(9)22-10)13-6-11(20)12(8-19)23-13;16-6-4-2-1-3-5-10-8-18(15(22)17-14(10)21)13-7-11(20)12(9-19)23-13;2*10-4-2-12(9(16)11-8(4)15)7-1-5(14)6(3-13)17-7;;;;;;/h5,7,11-14,24-25H,1-4,6,8H2,(H,21,26)(H,22,27);2*5,7,11-14,19-20H,1-3,6,8H2,(H,17,21);8,11-13,19-20H,1-2,4,7,9H2,(H,17,21,22);2*2,5-7,13-14H,1,3H2,(H,11,15,16);;;;;;. The Kier molecular flexibility index (Phi) is 58.5. The van der Waals surface area contributed by atoms with Crippen LogP contribution in [0.25, 0.3) is 0 Å². The number of aliphatic hydroxyl groups excluding tert-OH is 12. The Morgan fingerprint density at radius 3 is 0.993 bits per heavy atom. The van der Waals surface area contributed by atoms with Crippen molar-refractivity contribution in [1.29, 1.82) is 15.8 Å². The summed E-state index contributed by atoms with van der Waals surface area (Å²) in [6.45, 7) is -2.03. The summed E-state index contributed by atoms with van der Waals surface area (Å²) < 4.78 is 90.0. The fraction of sp³-hybridized carbons (Fsp3) is 0.588. The molecule has 6 saturated heterocycles. The fourth-order valence-corrected chi connectivity index (χ4v) is 15.6. The number of aromatic nitrogens is 6. The van der Waals surface area contributed by atoms with Gasteiger partial charge in [-0.05, 0) is 95.5 Å². The number of aliphatic hydroxyl groups is 12. The van der Waals surface area contributed by atoms with Crippen molar-refractivity contribution in [2.45, 2.75) is 251 Å². The first-order valence-electron chi connectivity index (χ1n) is 41.6. The molecule has 15 rings (SSSR count). The Morgan fingerprint density at radius 1 is 0.413 bits per heavy atom. The van der Waals surface area contributed by atoms with E-state index in [4.69, 9.17) is 89.1 Å². The Balaban J connectivity index is 0.000000346. The number of nitrogens with zero attached hydrogens (tertiary/aromatic N) is 9. The number of H-pyrrole nitrogens is 3. The minimum absolute atomic E-state index is 0. The second-order valence-corrected chi connectivity index (χ2v) is 33.3. The molecule has 0 aromatic carbocycles. The molecule has 138 heavy (non-hydrogen) atoms. The van der Waals surface area contributed by atoms with Crippen LogP contribution in [0.1, 0.15) is 140 Å². The summed E-state index contributed by atoms with van der Waals surface area (Å²) in [4.78, 5) is 127. The smallest absolute Gasteiger partial charge is 0.471 e. The van der Waals surface area contributed by atoms with Crippen LogP contribution >= 0.6 is 45.2 Å². The monoisotopic (exact) mass is 3450 g/mol. The van der Waals surface area contributed by atoms with Crippen molar-refractivity contribution in [3.8, 4) is 30.0 Å². The zero-order valence-corrected chi connectivity index (χ0v) is 106. The van der Waals surface area contributed by atoms with Gasteiger partial charge in [0.15, 0.2) is 0 Å². The Bertz CT molecular complexity index is 5200. The van der Waals surface area contributed by atoms with Crippen LogP contribution in [0.15, 0.2) is 118 Å². The zero-order chi connectivity index (χ0) is 95.9. The SMILES string of the molecule is N#CCCCC#Cc1cn(C2CC(O)C(CO)O2)c(=O)[nH]c1=O.N#CCCCC1=CC2=CN(C3CC(O)C(CO)O3)C(=O)NC2O1.N#CCCCC1=CC2=CN(C3CC(O)C(CO)O3)C(=O)NC2O1.O=C1NC2OC(CCCCNC(=O)C(F)(F)F)=CC2=CN1C1CC(O)C(CO)O1.O=c1[nH]c(=O)n(C2CC(O)C(CO)O2)cc1I.O=c1[nH]c(=O)n(C2CC(O)C(CO)O2)cc1I.[Ac].[Ac].[Ac].[Ac].[Ac].[Ac]. The first kappa shape index (κ1) is 129. The largest absolute Gasteiger partial charge is 0.471 e. The Labute approximate surface area is 1030 Å². The number of unbranched alkanes of at least 4 members (excludes halogenated alkanes) is 5. The first-order chi connectivity index (χ1) is 63.0. The third-order valence-corrected chi connectivity index (χ3v) is 23.2. The van der Waals surface area contributed by atoms with E-state index in [0.717, 1.165) is 27.2 Å². The number of amides is 7. The number of ether oxygens (including phenoxy) is 9. The molecule has 0 spiro atoms. The van der Waals surface area contributed by atoms with Crippen LogP contribution in [0.3, 0.4) is 0 Å². The van der Waals surface area contributed by atoms with Gasteiger partial charge in [-0.25, -0.2) is 28.8 Å². The molecule has 0 bridgehead atoms. The number of carbonyl (C=O) groups is 4. The van der Waals surface area contributed by atoms with Crippen LogP contribution in [0.2, 0.25) is 0 Å². The van der Waals surface area contributed by atoms with E-state index in [0.29, 0.717) is 95.5 Å². The maximum atomic E-state index is 12.3. The van der Waals surface area contributed by atoms with E-state index in [1.54, 1.807) is 75.2 Å². The normalized spacial score (nSPS) is 27.8. The van der Waals surface area contributed by atoms with Crippen LogP contribution in [0.5, 0.6) is 0 Å². The van der Waals surface area contributed by atoms with E-state index < -0.39 is 181 Å². The number of carbonyl (C=O) groups excluding carboxylic acids is 4. The van der Waals surface area contributed by atoms with Gasteiger partial charge in [-0.1, -0.05) is 11.8 Å². The minimum atomic E-state index is -4.89. The van der Waals surface area contributed by atoms with Crippen LogP contribution in [0, 0.1) is 317 Å². The van der Waals surface area contributed by atoms with Crippen LogP contribution < -0.4 is 55.0 Å². The topological polar surface area (TPSA) is 688 Å². The van der Waals surface area contributed by atoms with Gasteiger partial charge in [0.05, 0.1) is 119 Å². The number of urea groups is 3. The van der Waals surface area contributed by atoms with Gasteiger partial charge in [-0.3, -0.25) is 78.5 Å². The van der Waals surface area contributed by atoms with E-state index in [1.165, 1.54) is 42.4 Å². The van der Waals surface area contributed by atoms with Crippen molar-refractivity contribution in [1.82, 2.24) is 64.6 Å². The molecule has 12 aliphatic rings. The molecule has 6 radical (unpaired) electrons. The van der Waals surface area contributed by atoms with E-state index in [9.17, 15) is 91.8 Å². The van der Waals surface area contributed by atoms with Gasteiger partial charge in [0, 0.05) is 408 Å². The van der Waals surface area contributed by atoms with Crippen LogP contribution in [-0.2, 0) is 47.4 Å². The molecule has 21 atom stereocenters. The summed E-state index contributed by atoms with van der Waals surface area (Å²) in [6, 6.07) is 4.95. The molecule has 47 nitrogen and oxygen atoms in total. The molecular weight excluding hydrogens is 3350 g/mol. The molecule has 0 aliphatic carbocycles. The molecule has 19 N–H and O–H groups in total. The molecule has 21 unspecified atom stereocenters. The molecule has 15 heterocycles. The van der Waals surface area contributed by atoms with Gasteiger partial charge in [0.25, 0.3) is 16.7 Å². The maximum absolute atomic E-state index is 12.3. The minimum Gasteiger partial charge on any atom is -0.471 e. The average molecular weight is 3450 g/mol. The van der Waals surface area contributed by atoms with Gasteiger partial charge in [0.1, 0.15) is 79.6 Å². The van der Waals surface area contributed by atoms with E-state index in [2.05, 4.69) is 54.9 Å². The number of alkyl halides is 3. The number of rotatable bonds is 25. The number of aromatic amines is 3. The van der Waals surface area contributed by atoms with Crippen molar-refractivity contribution in [3.63, 3.8) is 0 Å². The number of fused-ring (bicyclic) bond motifs is 3. The summed E-state index contributed by atoms with van der Waals surface area (Å²) >= 11 is 3.60. The van der Waals surface area contributed by atoms with Crippen LogP contribution in [0.4, 0.5) is 27.6 Å². The molecule has 12 aliphatic heterocycles.